The molecule has 1 fully saturated rings. The molecule has 11 heteroatoms. The van der Waals surface area contributed by atoms with E-state index in [1.54, 1.807) is 6.92 Å². The summed E-state index contributed by atoms with van der Waals surface area (Å²) in [6.07, 6.45) is 4.26. The van der Waals surface area contributed by atoms with Gasteiger partial charge in [0.15, 0.2) is 0 Å². The number of nitrogens with zero attached hydrogens (tertiary/aromatic N) is 5. The summed E-state index contributed by atoms with van der Waals surface area (Å²) in [4.78, 5) is 36.2. The number of esters is 1. The summed E-state index contributed by atoms with van der Waals surface area (Å²) in [6, 6.07) is 8.03. The van der Waals surface area contributed by atoms with E-state index in [9.17, 15) is 14.9 Å². The number of likely N-dealkylation sites (tertiary alicyclic amines) is 1. The van der Waals surface area contributed by atoms with Crippen LogP contribution in [0.15, 0.2) is 24.3 Å². The predicted molar refractivity (Wildman–Crippen MR) is 135 cm³/mol. The number of ether oxygens (including phenoxy) is 1. The van der Waals surface area contributed by atoms with Crippen LogP contribution in [-0.4, -0.2) is 58.5 Å². The topological polar surface area (TPSA) is 140 Å². The summed E-state index contributed by atoms with van der Waals surface area (Å²) >= 11 is 0. The van der Waals surface area contributed by atoms with Crippen LogP contribution in [0.3, 0.4) is 0 Å². The molecular formula is C24H35N7O4. The van der Waals surface area contributed by atoms with Crippen molar-refractivity contribution in [1.29, 1.82) is 0 Å². The number of nitrogens with two attached hydrogens (primary N) is 1. The van der Waals surface area contributed by atoms with Gasteiger partial charge in [0.2, 0.25) is 17.6 Å². The van der Waals surface area contributed by atoms with E-state index >= 15 is 0 Å². The SMILES string of the molecule is CCCCNc1nc(N)c([N+](=O)[O-])c(N(CC(=O)OCC)Cc2cccc(CN3CCCC3)c2)n1. The van der Waals surface area contributed by atoms with Gasteiger partial charge in [0.1, 0.15) is 6.54 Å². The van der Waals surface area contributed by atoms with Crippen LogP contribution in [0, 0.1) is 10.1 Å². The number of nitro groups is 1. The van der Waals surface area contributed by atoms with Gasteiger partial charge in [-0.25, -0.2) is 0 Å². The molecule has 11 nitrogen and oxygen atoms in total. The second kappa shape index (κ2) is 12.8. The highest BCUT2D eigenvalue weighted by atomic mass is 16.6. The number of benzene rings is 1. The number of unbranched alkanes of at least 4 members (excludes halogenated alkanes) is 1. The third kappa shape index (κ3) is 7.51. The van der Waals surface area contributed by atoms with Crippen LogP contribution >= 0.6 is 0 Å². The second-order valence-corrected chi connectivity index (χ2v) is 8.61. The summed E-state index contributed by atoms with van der Waals surface area (Å²) in [5.41, 5.74) is 7.61. The first kappa shape index (κ1) is 26.1. The number of carbonyl (C=O) groups excluding carboxylic acids is 1. The fourth-order valence-electron chi connectivity index (χ4n) is 4.13. The van der Waals surface area contributed by atoms with Crippen LogP contribution in [0.1, 0.15) is 50.7 Å². The quantitative estimate of drug-likeness (QED) is 0.188. The average molecular weight is 486 g/mol. The molecule has 0 amide bonds. The Morgan fingerprint density at radius 3 is 2.69 bits per heavy atom. The number of nitrogen functional groups attached to an aromatic ring is 1. The first-order valence-electron chi connectivity index (χ1n) is 12.2. The van der Waals surface area contributed by atoms with Crippen molar-refractivity contribution in [2.75, 3.05) is 48.7 Å². The van der Waals surface area contributed by atoms with Crippen LogP contribution in [-0.2, 0) is 22.6 Å². The Bertz CT molecular complexity index is 1010. The van der Waals surface area contributed by atoms with Gasteiger partial charge in [-0.15, -0.1) is 0 Å². The smallest absolute Gasteiger partial charge is 0.353 e. The van der Waals surface area contributed by atoms with E-state index in [1.165, 1.54) is 17.7 Å². The molecule has 35 heavy (non-hydrogen) atoms. The van der Waals surface area contributed by atoms with Gasteiger partial charge >= 0.3 is 11.7 Å². The number of carbonyl (C=O) groups is 1. The van der Waals surface area contributed by atoms with Gasteiger partial charge in [-0.1, -0.05) is 37.6 Å². The van der Waals surface area contributed by atoms with E-state index in [0.717, 1.165) is 43.6 Å². The minimum atomic E-state index is -0.609. The van der Waals surface area contributed by atoms with Crippen molar-refractivity contribution >= 4 is 29.2 Å². The molecule has 1 saturated heterocycles. The van der Waals surface area contributed by atoms with E-state index in [4.69, 9.17) is 10.5 Å². The summed E-state index contributed by atoms with van der Waals surface area (Å²) in [5, 5.41) is 15.0. The van der Waals surface area contributed by atoms with Crippen molar-refractivity contribution in [2.24, 2.45) is 0 Å². The third-order valence-electron chi connectivity index (χ3n) is 5.78. The molecule has 190 valence electrons. The number of anilines is 3. The van der Waals surface area contributed by atoms with Gasteiger partial charge in [-0.05, 0) is 50.4 Å². The maximum Gasteiger partial charge on any atom is 0.353 e. The molecule has 3 rings (SSSR count). The molecule has 1 aliphatic rings. The van der Waals surface area contributed by atoms with E-state index < -0.39 is 16.6 Å². The van der Waals surface area contributed by atoms with Gasteiger partial charge < -0.3 is 20.7 Å². The van der Waals surface area contributed by atoms with Crippen molar-refractivity contribution in [2.45, 2.75) is 52.6 Å². The second-order valence-electron chi connectivity index (χ2n) is 8.61. The Morgan fingerprint density at radius 2 is 2.00 bits per heavy atom. The Kier molecular flexibility index (Phi) is 9.59. The molecule has 0 radical (unpaired) electrons. The fourth-order valence-corrected chi connectivity index (χ4v) is 4.13. The standard InChI is InChI=1S/C24H35N7O4/c1-3-5-11-26-24-27-22(25)21(31(33)34)23(28-24)30(17-20(32)35-4-2)16-19-10-8-9-18(14-19)15-29-12-6-7-13-29/h8-10,14H,3-7,11-13,15-17H2,1-2H3,(H3,25,26,27,28). The number of hydrogen-bond acceptors (Lipinski definition) is 10. The van der Waals surface area contributed by atoms with Gasteiger partial charge in [0.05, 0.1) is 11.5 Å². The van der Waals surface area contributed by atoms with Crippen LogP contribution in [0.5, 0.6) is 0 Å². The van der Waals surface area contributed by atoms with Crippen molar-refractivity contribution in [3.63, 3.8) is 0 Å². The van der Waals surface area contributed by atoms with E-state index in [2.05, 4.69) is 39.2 Å². The maximum atomic E-state index is 12.4. The maximum absolute atomic E-state index is 12.4. The molecule has 3 N–H and O–H groups in total. The third-order valence-corrected chi connectivity index (χ3v) is 5.78. The van der Waals surface area contributed by atoms with Crippen LogP contribution in [0.4, 0.5) is 23.3 Å². The van der Waals surface area contributed by atoms with Crippen molar-refractivity contribution in [3.05, 3.63) is 45.5 Å². The van der Waals surface area contributed by atoms with Gasteiger partial charge in [0, 0.05) is 19.6 Å². The molecule has 1 aromatic heterocycles. The summed E-state index contributed by atoms with van der Waals surface area (Å²) in [5.74, 6) is -0.587. The molecular weight excluding hydrogens is 450 g/mol. The monoisotopic (exact) mass is 485 g/mol. The zero-order valence-corrected chi connectivity index (χ0v) is 20.5. The van der Waals surface area contributed by atoms with Crippen LogP contribution in [0.25, 0.3) is 0 Å². The molecule has 0 spiro atoms. The summed E-state index contributed by atoms with van der Waals surface area (Å²) in [6.45, 7) is 7.59. The Hall–Kier alpha value is -3.47. The molecule has 2 aromatic rings. The highest BCUT2D eigenvalue weighted by Gasteiger charge is 2.29. The van der Waals surface area contributed by atoms with Gasteiger partial charge in [-0.3, -0.25) is 19.8 Å². The van der Waals surface area contributed by atoms with Crippen LogP contribution < -0.4 is 16.0 Å². The first-order chi connectivity index (χ1) is 16.9. The van der Waals surface area contributed by atoms with E-state index in [-0.39, 0.29) is 37.3 Å². The number of hydrogen-bond donors (Lipinski definition) is 2. The van der Waals surface area contributed by atoms with Gasteiger partial charge in [-0.2, -0.15) is 9.97 Å². The van der Waals surface area contributed by atoms with Crippen molar-refractivity contribution in [1.82, 2.24) is 14.9 Å². The zero-order chi connectivity index (χ0) is 25.2. The fraction of sp³-hybridized carbons (Fsp3) is 0.542. The lowest BCUT2D eigenvalue weighted by Crippen LogP contribution is -2.32. The normalized spacial score (nSPS) is 13.5. The summed E-state index contributed by atoms with van der Waals surface area (Å²) in [7, 11) is 0. The van der Waals surface area contributed by atoms with Crippen LogP contribution in [0.2, 0.25) is 0 Å². The molecule has 0 aliphatic carbocycles. The average Bonchev–Trinajstić information content (AvgIpc) is 3.31. The van der Waals surface area contributed by atoms with E-state index in [1.807, 2.05) is 12.1 Å². The highest BCUT2D eigenvalue weighted by molar-refractivity contribution is 5.79. The van der Waals surface area contributed by atoms with Gasteiger partial charge in [0.25, 0.3) is 0 Å². The Balaban J connectivity index is 1.94. The molecule has 1 aliphatic heterocycles. The molecule has 2 heterocycles. The number of rotatable bonds is 13. The molecule has 0 bridgehead atoms. The Morgan fingerprint density at radius 1 is 1.26 bits per heavy atom. The number of aromatic nitrogens is 2. The predicted octanol–water partition coefficient (Wildman–Crippen LogP) is 3.34. The zero-order valence-electron chi connectivity index (χ0n) is 20.5. The Labute approximate surface area is 205 Å². The summed E-state index contributed by atoms with van der Waals surface area (Å²) < 4.78 is 5.14. The largest absolute Gasteiger partial charge is 0.465 e. The minimum Gasteiger partial charge on any atom is -0.465 e. The lowest BCUT2D eigenvalue weighted by Gasteiger charge is -2.24. The molecule has 0 atom stereocenters. The highest BCUT2D eigenvalue weighted by Crippen LogP contribution is 2.33. The van der Waals surface area contributed by atoms with Crippen molar-refractivity contribution in [3.8, 4) is 0 Å². The minimum absolute atomic E-state index is 0.0144. The lowest BCUT2D eigenvalue weighted by atomic mass is 10.1. The number of nitrogens with one attached hydrogen (secondary N) is 1. The lowest BCUT2D eigenvalue weighted by molar-refractivity contribution is -0.383. The molecule has 1 aromatic carbocycles. The van der Waals surface area contributed by atoms with Crippen molar-refractivity contribution < 1.29 is 14.5 Å². The molecule has 0 unspecified atom stereocenters. The molecule has 0 saturated carbocycles. The van der Waals surface area contributed by atoms with E-state index in [0.29, 0.717) is 6.54 Å². The first-order valence-corrected chi connectivity index (χ1v) is 12.2.